The average Bonchev–Trinajstić information content (AvgIpc) is 2.87. The first kappa shape index (κ1) is 13.9. The number of aromatic nitrogens is 2. The summed E-state index contributed by atoms with van der Waals surface area (Å²) < 4.78 is 5.22. The molecule has 1 heterocycles. The number of nitrogens with one attached hydrogen (secondary N) is 1. The van der Waals surface area contributed by atoms with Crippen LogP contribution in [0.25, 0.3) is 11.5 Å². The van der Waals surface area contributed by atoms with Gasteiger partial charge in [-0.1, -0.05) is 5.10 Å². The largest absolute Gasteiger partial charge is 0.403 e. The molecule has 8 nitrogen and oxygen atoms in total. The molecule has 1 aromatic heterocycles. The summed E-state index contributed by atoms with van der Waals surface area (Å²) >= 11 is 5.42. The Labute approximate surface area is 117 Å². The Kier molecular flexibility index (Phi) is 4.26. The Morgan fingerprint density at radius 1 is 1.35 bits per heavy atom. The van der Waals surface area contributed by atoms with Gasteiger partial charge in [0, 0.05) is 30.0 Å². The zero-order valence-electron chi connectivity index (χ0n) is 10.1. The van der Waals surface area contributed by atoms with Gasteiger partial charge in [0.2, 0.25) is 11.8 Å². The molecule has 0 saturated heterocycles. The molecule has 0 radical (unpaired) electrons. The standard InChI is InChI=1S/C11H9ClN4O4/c12-6-5-9(17)13-11-15-14-10(20-11)7-1-3-8(4-2-7)16(18)19/h1-4H,5-6H2,(H,13,15,17). The van der Waals surface area contributed by atoms with Crippen molar-refractivity contribution in [3.05, 3.63) is 34.4 Å². The molecule has 0 unspecified atom stereocenters. The molecule has 20 heavy (non-hydrogen) atoms. The number of carbonyl (C=O) groups is 1. The number of benzene rings is 1. The van der Waals surface area contributed by atoms with E-state index in [1.54, 1.807) is 0 Å². The van der Waals surface area contributed by atoms with Crippen LogP contribution in [-0.4, -0.2) is 26.9 Å². The summed E-state index contributed by atoms with van der Waals surface area (Å²) in [6, 6.07) is 5.57. The van der Waals surface area contributed by atoms with Crippen molar-refractivity contribution in [1.82, 2.24) is 10.2 Å². The number of hydrogen-bond acceptors (Lipinski definition) is 6. The summed E-state index contributed by atoms with van der Waals surface area (Å²) in [6.07, 6.45) is 0.136. The van der Waals surface area contributed by atoms with Gasteiger partial charge in [0.25, 0.3) is 5.69 Å². The number of halogens is 1. The molecule has 2 aromatic rings. The van der Waals surface area contributed by atoms with Crippen LogP contribution in [0.3, 0.4) is 0 Å². The van der Waals surface area contributed by atoms with Crippen LogP contribution in [0.1, 0.15) is 6.42 Å². The molecule has 0 saturated carbocycles. The Morgan fingerprint density at radius 3 is 2.65 bits per heavy atom. The second-order valence-electron chi connectivity index (χ2n) is 3.70. The lowest BCUT2D eigenvalue weighted by molar-refractivity contribution is -0.384. The molecule has 0 aliphatic rings. The van der Waals surface area contributed by atoms with E-state index in [4.69, 9.17) is 16.0 Å². The first-order valence-corrected chi connectivity index (χ1v) is 6.08. The highest BCUT2D eigenvalue weighted by Gasteiger charge is 2.12. The van der Waals surface area contributed by atoms with Crippen molar-refractivity contribution in [1.29, 1.82) is 0 Å². The fourth-order valence-corrected chi connectivity index (χ4v) is 1.56. The normalized spacial score (nSPS) is 10.2. The third kappa shape index (κ3) is 3.29. The van der Waals surface area contributed by atoms with Crippen molar-refractivity contribution in [2.75, 3.05) is 11.2 Å². The van der Waals surface area contributed by atoms with Gasteiger partial charge in [-0.2, -0.15) is 0 Å². The van der Waals surface area contributed by atoms with Crippen molar-refractivity contribution in [3.8, 4) is 11.5 Å². The summed E-state index contributed by atoms with van der Waals surface area (Å²) in [6.45, 7) is 0. The van der Waals surface area contributed by atoms with Crippen molar-refractivity contribution in [2.45, 2.75) is 6.42 Å². The van der Waals surface area contributed by atoms with Crippen LogP contribution in [0.2, 0.25) is 0 Å². The van der Waals surface area contributed by atoms with Crippen molar-refractivity contribution in [2.24, 2.45) is 0 Å². The minimum absolute atomic E-state index is 0.0381. The number of nitrogens with zero attached hydrogens (tertiary/aromatic N) is 3. The summed E-state index contributed by atoms with van der Waals surface area (Å²) in [4.78, 5) is 21.3. The maximum atomic E-state index is 11.3. The quantitative estimate of drug-likeness (QED) is 0.514. The molecule has 0 spiro atoms. The molecule has 0 bridgehead atoms. The minimum atomic E-state index is -0.505. The molecule has 1 N–H and O–H groups in total. The SMILES string of the molecule is O=C(CCCl)Nc1nnc(-c2ccc([N+](=O)[O-])cc2)o1. The van der Waals surface area contributed by atoms with E-state index in [9.17, 15) is 14.9 Å². The fourth-order valence-electron chi connectivity index (χ4n) is 1.38. The van der Waals surface area contributed by atoms with Crippen molar-refractivity contribution >= 4 is 29.2 Å². The van der Waals surface area contributed by atoms with E-state index in [2.05, 4.69) is 15.5 Å². The number of nitro benzene ring substituents is 1. The van der Waals surface area contributed by atoms with Gasteiger partial charge in [-0.05, 0) is 12.1 Å². The molecule has 1 amide bonds. The number of rotatable bonds is 5. The number of carbonyl (C=O) groups excluding carboxylic acids is 1. The van der Waals surface area contributed by atoms with Gasteiger partial charge >= 0.3 is 6.01 Å². The number of anilines is 1. The van der Waals surface area contributed by atoms with Crippen LogP contribution in [0.4, 0.5) is 11.7 Å². The van der Waals surface area contributed by atoms with Crippen LogP contribution in [0.5, 0.6) is 0 Å². The Morgan fingerprint density at radius 2 is 2.05 bits per heavy atom. The molecule has 104 valence electrons. The third-order valence-electron chi connectivity index (χ3n) is 2.32. The zero-order chi connectivity index (χ0) is 14.5. The van der Waals surface area contributed by atoms with Crippen molar-refractivity contribution < 1.29 is 14.1 Å². The molecule has 2 rings (SSSR count). The maximum Gasteiger partial charge on any atom is 0.322 e. The van der Waals surface area contributed by atoms with E-state index < -0.39 is 4.92 Å². The van der Waals surface area contributed by atoms with Gasteiger partial charge in [0.1, 0.15) is 0 Å². The van der Waals surface area contributed by atoms with E-state index in [1.807, 2.05) is 0 Å². The number of nitro groups is 1. The second kappa shape index (κ2) is 6.11. The second-order valence-corrected chi connectivity index (χ2v) is 4.08. The van der Waals surface area contributed by atoms with E-state index in [-0.39, 0.29) is 35.8 Å². The monoisotopic (exact) mass is 296 g/mol. The van der Waals surface area contributed by atoms with Crippen LogP contribution in [0, 0.1) is 10.1 Å². The Balaban J connectivity index is 2.12. The van der Waals surface area contributed by atoms with Gasteiger partial charge in [0.05, 0.1) is 4.92 Å². The first-order valence-electron chi connectivity index (χ1n) is 5.54. The lowest BCUT2D eigenvalue weighted by atomic mass is 10.2. The van der Waals surface area contributed by atoms with Gasteiger partial charge < -0.3 is 4.42 Å². The van der Waals surface area contributed by atoms with Gasteiger partial charge in [-0.15, -0.1) is 16.7 Å². The van der Waals surface area contributed by atoms with Gasteiger partial charge in [-0.25, -0.2) is 0 Å². The van der Waals surface area contributed by atoms with E-state index in [1.165, 1.54) is 24.3 Å². The highest BCUT2D eigenvalue weighted by Crippen LogP contribution is 2.22. The highest BCUT2D eigenvalue weighted by molar-refractivity contribution is 6.19. The van der Waals surface area contributed by atoms with Crippen LogP contribution in [0.15, 0.2) is 28.7 Å². The number of non-ortho nitro benzene ring substituents is 1. The predicted molar refractivity (Wildman–Crippen MR) is 70.4 cm³/mol. The number of amides is 1. The van der Waals surface area contributed by atoms with Crippen LogP contribution >= 0.6 is 11.6 Å². The smallest absolute Gasteiger partial charge is 0.322 e. The zero-order valence-corrected chi connectivity index (χ0v) is 10.8. The first-order chi connectivity index (χ1) is 9.60. The minimum Gasteiger partial charge on any atom is -0.403 e. The molecular formula is C11H9ClN4O4. The van der Waals surface area contributed by atoms with Gasteiger partial charge in [0.15, 0.2) is 0 Å². The summed E-state index contributed by atoms with van der Waals surface area (Å²) in [7, 11) is 0. The fraction of sp³-hybridized carbons (Fsp3) is 0.182. The van der Waals surface area contributed by atoms with E-state index >= 15 is 0 Å². The maximum absolute atomic E-state index is 11.3. The Hall–Kier alpha value is -2.48. The molecule has 0 aliphatic heterocycles. The number of hydrogen-bond donors (Lipinski definition) is 1. The highest BCUT2D eigenvalue weighted by atomic mass is 35.5. The van der Waals surface area contributed by atoms with E-state index in [0.29, 0.717) is 5.56 Å². The molecule has 9 heteroatoms. The lowest BCUT2D eigenvalue weighted by Gasteiger charge is -1.96. The summed E-state index contributed by atoms with van der Waals surface area (Å²) in [5.74, 6) is 0.00908. The summed E-state index contributed by atoms with van der Waals surface area (Å²) in [5.41, 5.74) is 0.477. The molecular weight excluding hydrogens is 288 g/mol. The van der Waals surface area contributed by atoms with Gasteiger partial charge in [-0.3, -0.25) is 20.2 Å². The molecule has 0 fully saturated rings. The van der Waals surface area contributed by atoms with E-state index in [0.717, 1.165) is 0 Å². The summed E-state index contributed by atoms with van der Waals surface area (Å²) in [5, 5.41) is 20.3. The average molecular weight is 297 g/mol. The lowest BCUT2D eigenvalue weighted by Crippen LogP contribution is -2.11. The predicted octanol–water partition coefficient (Wildman–Crippen LogP) is 2.21. The Bertz CT molecular complexity index is 626. The third-order valence-corrected chi connectivity index (χ3v) is 2.51. The molecule has 0 atom stereocenters. The molecule has 0 aliphatic carbocycles. The van der Waals surface area contributed by atoms with Crippen LogP contribution < -0.4 is 5.32 Å². The number of alkyl halides is 1. The molecule has 1 aromatic carbocycles. The van der Waals surface area contributed by atoms with Crippen molar-refractivity contribution in [3.63, 3.8) is 0 Å². The van der Waals surface area contributed by atoms with Crippen LogP contribution in [-0.2, 0) is 4.79 Å². The topological polar surface area (TPSA) is 111 Å².